The van der Waals surface area contributed by atoms with Gasteiger partial charge in [0.05, 0.1) is 12.6 Å². The van der Waals surface area contributed by atoms with Gasteiger partial charge in [-0.3, -0.25) is 4.79 Å². The number of anilines is 1. The first-order chi connectivity index (χ1) is 12.7. The van der Waals surface area contributed by atoms with E-state index in [2.05, 4.69) is 54.7 Å². The van der Waals surface area contributed by atoms with E-state index in [1.54, 1.807) is 7.11 Å². The maximum atomic E-state index is 12.2. The summed E-state index contributed by atoms with van der Waals surface area (Å²) in [6.45, 7) is 2.22. The fraction of sp³-hybridized carbons (Fsp3) is 0.435. The van der Waals surface area contributed by atoms with Crippen LogP contribution in [0, 0.1) is 5.92 Å². The van der Waals surface area contributed by atoms with Crippen molar-refractivity contribution < 1.29 is 9.53 Å². The topological polar surface area (TPSA) is 38.3 Å². The number of hydrogen-bond acceptors (Lipinski definition) is 3. The van der Waals surface area contributed by atoms with E-state index in [1.807, 2.05) is 12.1 Å². The minimum atomic E-state index is -0.222. The highest BCUT2D eigenvalue weighted by Gasteiger charge is 2.41. The van der Waals surface area contributed by atoms with Gasteiger partial charge >= 0.3 is 0 Å². The van der Waals surface area contributed by atoms with Crippen molar-refractivity contribution in [2.45, 2.75) is 51.0 Å². The molecule has 3 rings (SSSR count). The normalized spacial score (nSPS) is 19.6. The van der Waals surface area contributed by atoms with E-state index in [-0.39, 0.29) is 5.54 Å². The highest BCUT2D eigenvalue weighted by atomic mass is 16.5. The molecule has 1 aliphatic rings. The maximum absolute atomic E-state index is 12.2. The van der Waals surface area contributed by atoms with Crippen LogP contribution in [0.5, 0.6) is 5.75 Å². The maximum Gasteiger partial charge on any atom is 0.133 e. The number of benzene rings is 2. The van der Waals surface area contributed by atoms with Crippen molar-refractivity contribution in [3.05, 3.63) is 60.2 Å². The van der Waals surface area contributed by atoms with Crippen LogP contribution in [-0.2, 0) is 10.3 Å². The minimum Gasteiger partial charge on any atom is -0.497 e. The number of Topliss-reactive ketones (excluding diaryl/α,β-unsaturated/α-hetero) is 1. The molecule has 1 aliphatic carbocycles. The lowest BCUT2D eigenvalue weighted by Crippen LogP contribution is -2.45. The first kappa shape index (κ1) is 18.5. The van der Waals surface area contributed by atoms with Gasteiger partial charge in [0.2, 0.25) is 0 Å². The molecule has 2 atom stereocenters. The van der Waals surface area contributed by atoms with Crippen LogP contribution in [0.3, 0.4) is 0 Å². The van der Waals surface area contributed by atoms with E-state index in [1.165, 1.54) is 5.56 Å². The Hall–Kier alpha value is -2.29. The van der Waals surface area contributed by atoms with Gasteiger partial charge < -0.3 is 10.1 Å². The van der Waals surface area contributed by atoms with E-state index >= 15 is 0 Å². The highest BCUT2D eigenvalue weighted by molar-refractivity contribution is 5.79. The van der Waals surface area contributed by atoms with Gasteiger partial charge in [-0.25, -0.2) is 0 Å². The number of carbonyl (C=O) groups excluding carboxylic acids is 1. The smallest absolute Gasteiger partial charge is 0.133 e. The summed E-state index contributed by atoms with van der Waals surface area (Å²) >= 11 is 0. The molecule has 26 heavy (non-hydrogen) atoms. The van der Waals surface area contributed by atoms with Crippen molar-refractivity contribution in [1.82, 2.24) is 0 Å². The molecule has 1 fully saturated rings. The Labute approximate surface area is 156 Å². The highest BCUT2D eigenvalue weighted by Crippen LogP contribution is 2.44. The first-order valence-corrected chi connectivity index (χ1v) is 9.67. The predicted molar refractivity (Wildman–Crippen MR) is 107 cm³/mol. The third kappa shape index (κ3) is 3.92. The molecule has 3 nitrogen and oxygen atoms in total. The predicted octanol–water partition coefficient (Wildman–Crippen LogP) is 5.56. The second-order valence-corrected chi connectivity index (χ2v) is 7.27. The number of methoxy groups -OCH3 is 1. The Kier molecular flexibility index (Phi) is 5.97. The van der Waals surface area contributed by atoms with Gasteiger partial charge in [-0.1, -0.05) is 43.7 Å². The molecule has 0 amide bonds. The van der Waals surface area contributed by atoms with Gasteiger partial charge in [0, 0.05) is 18.5 Å². The molecular formula is C23H29NO2. The molecule has 0 bridgehead atoms. The molecule has 0 saturated heterocycles. The van der Waals surface area contributed by atoms with E-state index in [4.69, 9.17) is 4.74 Å². The summed E-state index contributed by atoms with van der Waals surface area (Å²) in [5.41, 5.74) is 2.12. The summed E-state index contributed by atoms with van der Waals surface area (Å²) in [5, 5.41) is 3.84. The fourth-order valence-electron chi connectivity index (χ4n) is 4.33. The molecule has 0 aliphatic heterocycles. The van der Waals surface area contributed by atoms with Crippen molar-refractivity contribution in [1.29, 1.82) is 0 Å². The molecule has 2 aromatic rings. The van der Waals surface area contributed by atoms with Crippen molar-refractivity contribution >= 4 is 11.5 Å². The number of ether oxygens (including phenoxy) is 1. The lowest BCUT2D eigenvalue weighted by Gasteiger charge is -2.44. The van der Waals surface area contributed by atoms with Crippen LogP contribution in [0.1, 0.15) is 51.0 Å². The van der Waals surface area contributed by atoms with Crippen LogP contribution in [-0.4, -0.2) is 12.9 Å². The lowest BCUT2D eigenvalue weighted by molar-refractivity contribution is -0.122. The second kappa shape index (κ2) is 8.39. The monoisotopic (exact) mass is 351 g/mol. The minimum absolute atomic E-state index is 0.222. The summed E-state index contributed by atoms with van der Waals surface area (Å²) in [5.74, 6) is 1.56. The first-order valence-electron chi connectivity index (χ1n) is 9.67. The van der Waals surface area contributed by atoms with E-state index < -0.39 is 0 Å². The average Bonchev–Trinajstić information content (AvgIpc) is 2.69. The van der Waals surface area contributed by atoms with Gasteiger partial charge in [-0.2, -0.15) is 0 Å². The number of ketones is 1. The molecule has 1 N–H and O–H groups in total. The van der Waals surface area contributed by atoms with Gasteiger partial charge in [0.25, 0.3) is 0 Å². The molecule has 0 radical (unpaired) electrons. The van der Waals surface area contributed by atoms with Crippen LogP contribution >= 0.6 is 0 Å². The molecule has 3 heteroatoms. The Bertz CT molecular complexity index is 711. The van der Waals surface area contributed by atoms with Crippen LogP contribution < -0.4 is 10.1 Å². The molecule has 1 saturated carbocycles. The Balaban J connectivity index is 2.01. The Morgan fingerprint density at radius 2 is 1.85 bits per heavy atom. The van der Waals surface area contributed by atoms with E-state index in [9.17, 15) is 4.79 Å². The Morgan fingerprint density at radius 3 is 2.46 bits per heavy atom. The van der Waals surface area contributed by atoms with E-state index in [0.717, 1.165) is 43.5 Å². The van der Waals surface area contributed by atoms with Crippen molar-refractivity contribution in [3.63, 3.8) is 0 Å². The van der Waals surface area contributed by atoms with Crippen molar-refractivity contribution in [2.75, 3.05) is 12.4 Å². The van der Waals surface area contributed by atoms with Crippen molar-refractivity contribution in [2.24, 2.45) is 5.92 Å². The lowest BCUT2D eigenvalue weighted by atomic mass is 9.68. The molecule has 2 unspecified atom stereocenters. The third-order valence-electron chi connectivity index (χ3n) is 5.57. The Morgan fingerprint density at radius 1 is 1.12 bits per heavy atom. The number of carbonyl (C=O) groups is 1. The molecule has 0 heterocycles. The SMILES string of the molecule is CCCC(Nc1ccc(OC)cc1)(c1ccccc1)C1CCCC(=O)C1. The summed E-state index contributed by atoms with van der Waals surface area (Å²) < 4.78 is 5.29. The summed E-state index contributed by atoms with van der Waals surface area (Å²) in [6, 6.07) is 18.7. The molecule has 138 valence electrons. The van der Waals surface area contributed by atoms with Crippen molar-refractivity contribution in [3.8, 4) is 5.75 Å². The molecular weight excluding hydrogens is 322 g/mol. The average molecular weight is 351 g/mol. The van der Waals surface area contributed by atoms with Gasteiger partial charge in [-0.15, -0.1) is 0 Å². The molecule has 2 aromatic carbocycles. The van der Waals surface area contributed by atoms with Gasteiger partial charge in [-0.05, 0) is 55.0 Å². The number of rotatable bonds is 7. The zero-order valence-electron chi connectivity index (χ0n) is 15.8. The summed E-state index contributed by atoms with van der Waals surface area (Å²) in [7, 11) is 1.68. The standard InChI is InChI=1S/C23H29NO2/c1-3-16-23(18-8-5-4-6-9-18,19-10-7-11-21(25)17-19)24-20-12-14-22(26-2)15-13-20/h4-6,8-9,12-15,19,24H,3,7,10-11,16-17H2,1-2H3. The van der Waals surface area contributed by atoms with Crippen LogP contribution in [0.15, 0.2) is 54.6 Å². The third-order valence-corrected chi connectivity index (χ3v) is 5.57. The summed E-state index contributed by atoms with van der Waals surface area (Å²) in [4.78, 5) is 12.2. The molecule has 0 spiro atoms. The second-order valence-electron chi connectivity index (χ2n) is 7.27. The quantitative estimate of drug-likeness (QED) is 0.709. The number of nitrogens with one attached hydrogen (secondary N) is 1. The zero-order valence-corrected chi connectivity index (χ0v) is 15.8. The van der Waals surface area contributed by atoms with Gasteiger partial charge in [0.1, 0.15) is 11.5 Å². The summed E-state index contributed by atoms with van der Waals surface area (Å²) in [6.07, 6.45) is 5.54. The van der Waals surface area contributed by atoms with E-state index in [0.29, 0.717) is 18.1 Å². The van der Waals surface area contributed by atoms with Gasteiger partial charge in [0.15, 0.2) is 0 Å². The van der Waals surface area contributed by atoms with Crippen LogP contribution in [0.4, 0.5) is 5.69 Å². The largest absolute Gasteiger partial charge is 0.497 e. The zero-order chi connectivity index (χ0) is 18.4. The van der Waals surface area contributed by atoms with Crippen LogP contribution in [0.2, 0.25) is 0 Å². The fourth-order valence-corrected chi connectivity index (χ4v) is 4.33. The number of hydrogen-bond donors (Lipinski definition) is 1. The van der Waals surface area contributed by atoms with Crippen LogP contribution in [0.25, 0.3) is 0 Å². The molecule has 0 aromatic heterocycles.